The molecule has 1 heterocycles. The lowest BCUT2D eigenvalue weighted by molar-refractivity contribution is 0.314. The molecule has 152 valence electrons. The van der Waals surface area contributed by atoms with Crippen LogP contribution in [0.4, 0.5) is 4.39 Å². The molecular weight excluding hydrogens is 391 g/mol. The van der Waals surface area contributed by atoms with Gasteiger partial charge in [0.2, 0.25) is 10.0 Å². The molecule has 29 heavy (non-hydrogen) atoms. The summed E-state index contributed by atoms with van der Waals surface area (Å²) in [5.74, 6) is -0.779. The fourth-order valence-corrected chi connectivity index (χ4v) is 5.83. The average molecular weight is 415 g/mol. The molecule has 1 aliphatic carbocycles. The van der Waals surface area contributed by atoms with Crippen LogP contribution in [0.5, 0.6) is 0 Å². The van der Waals surface area contributed by atoms with Crippen LogP contribution in [0.25, 0.3) is 10.9 Å². The molecule has 0 atom stereocenters. The third-order valence-corrected chi connectivity index (χ3v) is 7.58. The van der Waals surface area contributed by atoms with Crippen LogP contribution in [0.15, 0.2) is 58.2 Å². The third kappa shape index (κ3) is 3.72. The highest BCUT2D eigenvalue weighted by atomic mass is 32.2. The molecule has 0 aliphatic heterocycles. The fourth-order valence-electron chi connectivity index (χ4n) is 4.10. The monoisotopic (exact) mass is 414 g/mol. The number of pyridine rings is 1. The van der Waals surface area contributed by atoms with E-state index in [1.54, 1.807) is 6.07 Å². The number of nitrogens with one attached hydrogen (secondary N) is 1. The van der Waals surface area contributed by atoms with Gasteiger partial charge in [-0.15, -0.1) is 0 Å². The number of rotatable bonds is 5. The lowest BCUT2D eigenvalue weighted by Crippen LogP contribution is -2.40. The lowest BCUT2D eigenvalue weighted by Gasteiger charge is -2.28. The summed E-state index contributed by atoms with van der Waals surface area (Å²) in [6.45, 7) is 1.83. The molecule has 0 saturated heterocycles. The van der Waals surface area contributed by atoms with E-state index < -0.39 is 15.8 Å². The summed E-state index contributed by atoms with van der Waals surface area (Å²) in [6.07, 6.45) is 3.25. The number of aryl methyl sites for hydroxylation is 1. The number of nitrogens with zero attached hydrogens (tertiary/aromatic N) is 1. The van der Waals surface area contributed by atoms with Crippen molar-refractivity contribution in [2.45, 2.75) is 50.1 Å². The molecule has 2 aromatic carbocycles. The fraction of sp³-hybridized carbons (Fsp3) is 0.318. The van der Waals surface area contributed by atoms with Crippen LogP contribution < -0.4 is 5.56 Å². The molecule has 0 radical (unpaired) electrons. The van der Waals surface area contributed by atoms with Crippen molar-refractivity contribution < 1.29 is 12.8 Å². The first-order valence-electron chi connectivity index (χ1n) is 9.76. The zero-order valence-electron chi connectivity index (χ0n) is 16.2. The minimum absolute atomic E-state index is 0.0828. The molecular formula is C22H23FN2O3S. The minimum atomic E-state index is -4.09. The van der Waals surface area contributed by atoms with Gasteiger partial charge in [0.15, 0.2) is 0 Å². The highest BCUT2D eigenvalue weighted by Gasteiger charge is 2.35. The van der Waals surface area contributed by atoms with Crippen molar-refractivity contribution in [1.82, 2.24) is 9.29 Å². The van der Waals surface area contributed by atoms with Crippen LogP contribution in [0.1, 0.15) is 36.8 Å². The SMILES string of the molecule is Cc1cccc2cc(CN(C3CCCC3)S(=O)(=O)c3ccccc3F)c(=O)[nH]c12. The molecule has 0 unspecified atom stereocenters. The normalized spacial score (nSPS) is 15.4. The van der Waals surface area contributed by atoms with Crippen LogP contribution in [0, 0.1) is 12.7 Å². The van der Waals surface area contributed by atoms with Crippen LogP contribution in [-0.2, 0) is 16.6 Å². The van der Waals surface area contributed by atoms with Crippen LogP contribution >= 0.6 is 0 Å². The van der Waals surface area contributed by atoms with Crippen molar-refractivity contribution in [3.63, 3.8) is 0 Å². The van der Waals surface area contributed by atoms with Crippen molar-refractivity contribution in [3.05, 3.63) is 75.8 Å². The van der Waals surface area contributed by atoms with Crippen LogP contribution in [0.2, 0.25) is 0 Å². The average Bonchev–Trinajstić information content (AvgIpc) is 3.21. The lowest BCUT2D eigenvalue weighted by atomic mass is 10.1. The largest absolute Gasteiger partial charge is 0.321 e. The first kappa shape index (κ1) is 19.8. The molecule has 4 rings (SSSR count). The van der Waals surface area contributed by atoms with Crippen molar-refractivity contribution in [3.8, 4) is 0 Å². The van der Waals surface area contributed by atoms with E-state index in [0.717, 1.165) is 35.4 Å². The summed E-state index contributed by atoms with van der Waals surface area (Å²) in [6, 6.07) is 12.6. The maximum absolute atomic E-state index is 14.3. The van der Waals surface area contributed by atoms with Crippen molar-refractivity contribution >= 4 is 20.9 Å². The quantitative estimate of drug-likeness (QED) is 0.683. The Morgan fingerprint density at radius 2 is 1.83 bits per heavy atom. The number of fused-ring (bicyclic) bond motifs is 1. The first-order valence-corrected chi connectivity index (χ1v) is 11.2. The topological polar surface area (TPSA) is 70.2 Å². The number of sulfonamides is 1. The Labute approximate surface area is 169 Å². The van der Waals surface area contributed by atoms with E-state index in [1.165, 1.54) is 22.5 Å². The molecule has 0 amide bonds. The number of hydrogen-bond acceptors (Lipinski definition) is 3. The van der Waals surface area contributed by atoms with Crippen LogP contribution in [0.3, 0.4) is 0 Å². The van der Waals surface area contributed by atoms with Gasteiger partial charge in [0.05, 0.1) is 5.52 Å². The number of benzene rings is 2. The van der Waals surface area contributed by atoms with Gasteiger partial charge in [-0.25, -0.2) is 12.8 Å². The van der Waals surface area contributed by atoms with Gasteiger partial charge in [-0.2, -0.15) is 4.31 Å². The number of halogens is 1. The first-order chi connectivity index (χ1) is 13.9. The second-order valence-electron chi connectivity index (χ2n) is 7.58. The van der Waals surface area contributed by atoms with E-state index in [9.17, 15) is 17.6 Å². The number of para-hydroxylation sites is 1. The molecule has 1 aliphatic rings. The predicted octanol–water partition coefficient (Wildman–Crippen LogP) is 4.11. The molecule has 1 fully saturated rings. The summed E-state index contributed by atoms with van der Waals surface area (Å²) in [5.41, 5.74) is 1.72. The molecule has 7 heteroatoms. The highest BCUT2D eigenvalue weighted by Crippen LogP contribution is 2.31. The smallest absolute Gasteiger partial charge is 0.252 e. The van der Waals surface area contributed by atoms with Gasteiger partial charge >= 0.3 is 0 Å². The van der Waals surface area contributed by atoms with Gasteiger partial charge in [0.1, 0.15) is 10.7 Å². The number of aromatic nitrogens is 1. The molecule has 5 nitrogen and oxygen atoms in total. The Hall–Kier alpha value is -2.51. The van der Waals surface area contributed by atoms with E-state index in [1.807, 2.05) is 25.1 Å². The Morgan fingerprint density at radius 1 is 1.10 bits per heavy atom. The zero-order chi connectivity index (χ0) is 20.6. The van der Waals surface area contributed by atoms with Gasteiger partial charge in [-0.05, 0) is 48.9 Å². The maximum atomic E-state index is 14.3. The maximum Gasteiger partial charge on any atom is 0.252 e. The van der Waals surface area contributed by atoms with Gasteiger partial charge in [0, 0.05) is 18.2 Å². The van der Waals surface area contributed by atoms with Gasteiger partial charge in [0.25, 0.3) is 5.56 Å². The van der Waals surface area contributed by atoms with Crippen molar-refractivity contribution in [2.24, 2.45) is 0 Å². The molecule has 0 spiro atoms. The number of hydrogen-bond donors (Lipinski definition) is 1. The molecule has 1 N–H and O–H groups in total. The summed E-state index contributed by atoms with van der Waals surface area (Å²) >= 11 is 0. The van der Waals surface area contributed by atoms with E-state index in [0.29, 0.717) is 18.4 Å². The Morgan fingerprint density at radius 3 is 2.55 bits per heavy atom. The Balaban J connectivity index is 1.80. The van der Waals surface area contributed by atoms with E-state index in [2.05, 4.69) is 4.98 Å². The molecule has 3 aromatic rings. The summed E-state index contributed by atoms with van der Waals surface area (Å²) < 4.78 is 42.3. The van der Waals surface area contributed by atoms with E-state index in [-0.39, 0.29) is 23.0 Å². The molecule has 0 bridgehead atoms. The second-order valence-corrected chi connectivity index (χ2v) is 9.44. The third-order valence-electron chi connectivity index (χ3n) is 5.65. The highest BCUT2D eigenvalue weighted by molar-refractivity contribution is 7.89. The molecule has 1 aromatic heterocycles. The Bertz CT molecular complexity index is 1210. The minimum Gasteiger partial charge on any atom is -0.321 e. The zero-order valence-corrected chi connectivity index (χ0v) is 17.0. The molecule has 1 saturated carbocycles. The van der Waals surface area contributed by atoms with Crippen molar-refractivity contribution in [1.29, 1.82) is 0 Å². The Kier molecular flexibility index (Phi) is 5.27. The predicted molar refractivity (Wildman–Crippen MR) is 111 cm³/mol. The van der Waals surface area contributed by atoms with Crippen LogP contribution in [-0.4, -0.2) is 23.7 Å². The van der Waals surface area contributed by atoms with Gasteiger partial charge in [-0.1, -0.05) is 43.2 Å². The summed E-state index contributed by atoms with van der Waals surface area (Å²) in [5, 5.41) is 0.842. The van der Waals surface area contributed by atoms with E-state index >= 15 is 0 Å². The number of aromatic amines is 1. The number of H-pyrrole nitrogens is 1. The van der Waals surface area contributed by atoms with Gasteiger partial charge < -0.3 is 4.98 Å². The van der Waals surface area contributed by atoms with Crippen molar-refractivity contribution in [2.75, 3.05) is 0 Å². The summed E-state index contributed by atoms with van der Waals surface area (Å²) in [4.78, 5) is 15.2. The van der Waals surface area contributed by atoms with Gasteiger partial charge in [-0.3, -0.25) is 4.79 Å². The summed E-state index contributed by atoms with van der Waals surface area (Å²) in [7, 11) is -4.09. The second kappa shape index (κ2) is 7.72. The van der Waals surface area contributed by atoms with E-state index in [4.69, 9.17) is 0 Å². The standard InChI is InChI=1S/C22H23FN2O3S/c1-15-7-6-8-16-13-17(22(26)24-21(15)16)14-25(18-9-2-3-10-18)29(27,28)20-12-5-4-11-19(20)23/h4-8,11-13,18H,2-3,9-10,14H2,1H3,(H,24,26).